The van der Waals surface area contributed by atoms with Crippen LogP contribution in [0.3, 0.4) is 0 Å². The van der Waals surface area contributed by atoms with E-state index >= 15 is 0 Å². The second kappa shape index (κ2) is 4.68. The molecule has 0 radical (unpaired) electrons. The van der Waals surface area contributed by atoms with E-state index < -0.39 is 0 Å². The van der Waals surface area contributed by atoms with Gasteiger partial charge in [-0.3, -0.25) is 4.98 Å². The molecule has 0 spiro atoms. The van der Waals surface area contributed by atoms with Crippen LogP contribution in [0, 0.1) is 0 Å². The molecule has 2 rings (SSSR count). The Kier molecular flexibility index (Phi) is 3.28. The predicted octanol–water partition coefficient (Wildman–Crippen LogP) is 4.17. The van der Waals surface area contributed by atoms with Crippen LogP contribution >= 0.6 is 28.0 Å². The van der Waals surface area contributed by atoms with Crippen LogP contribution < -0.4 is 4.18 Å². The number of fused-ring (bicyclic) bond motifs is 1. The molecule has 0 N–H and O–H groups in total. The second-order valence-corrected chi connectivity index (χ2v) is 4.42. The van der Waals surface area contributed by atoms with Crippen molar-refractivity contribution in [1.29, 1.82) is 0 Å². The summed E-state index contributed by atoms with van der Waals surface area (Å²) >= 11 is 4.61. The summed E-state index contributed by atoms with van der Waals surface area (Å²) in [5.41, 5.74) is 0.909. The number of pyridine rings is 1. The lowest BCUT2D eigenvalue weighted by atomic mass is 10.2. The summed E-state index contributed by atoms with van der Waals surface area (Å²) in [5.74, 6) is 0.803. The molecule has 0 atom stereocenters. The standard InChI is InChI=1S/C11H8BrNOS/c1-2-15-14-11-5-6-13-10-7-8(12)3-4-9(10)11/h2-7H,1H2. The third kappa shape index (κ3) is 2.33. The third-order valence-corrected chi connectivity index (χ3v) is 2.78. The zero-order valence-electron chi connectivity index (χ0n) is 7.81. The first kappa shape index (κ1) is 10.5. The monoisotopic (exact) mass is 281 g/mol. The Morgan fingerprint density at radius 3 is 3.07 bits per heavy atom. The molecule has 0 fully saturated rings. The fraction of sp³-hybridized carbons (Fsp3) is 0. The number of hydrogen-bond donors (Lipinski definition) is 0. The summed E-state index contributed by atoms with van der Waals surface area (Å²) in [7, 11) is 0. The Hall–Kier alpha value is -1.000. The van der Waals surface area contributed by atoms with Crippen LogP contribution in [0.2, 0.25) is 0 Å². The van der Waals surface area contributed by atoms with Crippen molar-refractivity contribution >= 4 is 38.9 Å². The Morgan fingerprint density at radius 2 is 2.27 bits per heavy atom. The Morgan fingerprint density at radius 1 is 1.40 bits per heavy atom. The van der Waals surface area contributed by atoms with Gasteiger partial charge in [0.2, 0.25) is 0 Å². The smallest absolute Gasteiger partial charge is 0.148 e. The maximum absolute atomic E-state index is 5.45. The van der Waals surface area contributed by atoms with Crippen LogP contribution in [0.15, 0.2) is 46.9 Å². The van der Waals surface area contributed by atoms with Gasteiger partial charge in [-0.25, -0.2) is 0 Å². The minimum Gasteiger partial charge on any atom is -0.420 e. The van der Waals surface area contributed by atoms with E-state index in [2.05, 4.69) is 27.5 Å². The molecule has 0 amide bonds. The van der Waals surface area contributed by atoms with Gasteiger partial charge in [0, 0.05) is 27.5 Å². The van der Waals surface area contributed by atoms with Crippen molar-refractivity contribution < 1.29 is 4.18 Å². The first-order valence-corrected chi connectivity index (χ1v) is 5.89. The van der Waals surface area contributed by atoms with Gasteiger partial charge in [-0.2, -0.15) is 0 Å². The van der Waals surface area contributed by atoms with E-state index in [1.54, 1.807) is 11.6 Å². The largest absolute Gasteiger partial charge is 0.420 e. The highest BCUT2D eigenvalue weighted by Gasteiger charge is 2.03. The fourth-order valence-electron chi connectivity index (χ4n) is 1.25. The van der Waals surface area contributed by atoms with Crippen LogP contribution in [0.4, 0.5) is 0 Å². The zero-order valence-corrected chi connectivity index (χ0v) is 10.2. The van der Waals surface area contributed by atoms with Crippen molar-refractivity contribution in [3.8, 4) is 5.75 Å². The summed E-state index contributed by atoms with van der Waals surface area (Å²) in [4.78, 5) is 4.27. The lowest BCUT2D eigenvalue weighted by molar-refractivity contribution is 0.659. The van der Waals surface area contributed by atoms with Crippen LogP contribution in [-0.2, 0) is 0 Å². The molecule has 0 aliphatic heterocycles. The zero-order chi connectivity index (χ0) is 10.7. The van der Waals surface area contributed by atoms with Gasteiger partial charge in [0.1, 0.15) is 5.75 Å². The van der Waals surface area contributed by atoms with Crippen LogP contribution in [0.5, 0.6) is 5.75 Å². The number of rotatable bonds is 3. The van der Waals surface area contributed by atoms with Gasteiger partial charge < -0.3 is 4.18 Å². The van der Waals surface area contributed by atoms with Gasteiger partial charge in [0.05, 0.1) is 17.6 Å². The van der Waals surface area contributed by atoms with Crippen LogP contribution in [-0.4, -0.2) is 4.98 Å². The van der Waals surface area contributed by atoms with Crippen LogP contribution in [0.25, 0.3) is 10.9 Å². The van der Waals surface area contributed by atoms with Crippen molar-refractivity contribution in [3.63, 3.8) is 0 Å². The number of halogens is 1. The number of benzene rings is 1. The summed E-state index contributed by atoms with van der Waals surface area (Å²) < 4.78 is 6.46. The molecular formula is C11H8BrNOS. The van der Waals surface area contributed by atoms with Crippen molar-refractivity contribution in [1.82, 2.24) is 4.98 Å². The van der Waals surface area contributed by atoms with Gasteiger partial charge in [-0.15, -0.1) is 0 Å². The molecule has 0 aliphatic rings. The summed E-state index contributed by atoms with van der Waals surface area (Å²) in [6, 6.07) is 7.74. The molecule has 15 heavy (non-hydrogen) atoms. The van der Waals surface area contributed by atoms with E-state index in [0.29, 0.717) is 0 Å². The summed E-state index contributed by atoms with van der Waals surface area (Å²) in [6.07, 6.45) is 1.73. The number of aromatic nitrogens is 1. The molecule has 0 aliphatic carbocycles. The van der Waals surface area contributed by atoms with Crippen molar-refractivity contribution in [2.75, 3.05) is 0 Å². The molecular weight excluding hydrogens is 274 g/mol. The van der Waals surface area contributed by atoms with E-state index in [1.807, 2.05) is 24.3 Å². The highest BCUT2D eigenvalue weighted by Crippen LogP contribution is 2.28. The van der Waals surface area contributed by atoms with Gasteiger partial charge in [-0.1, -0.05) is 22.5 Å². The van der Waals surface area contributed by atoms with E-state index in [9.17, 15) is 0 Å². The highest BCUT2D eigenvalue weighted by atomic mass is 79.9. The second-order valence-electron chi connectivity index (χ2n) is 2.82. The van der Waals surface area contributed by atoms with Crippen molar-refractivity contribution in [2.24, 2.45) is 0 Å². The fourth-order valence-corrected chi connectivity index (χ4v) is 1.92. The molecule has 1 heterocycles. The Labute approximate surface area is 101 Å². The molecule has 0 saturated heterocycles. The lowest BCUT2D eigenvalue weighted by Gasteiger charge is -2.04. The number of nitrogens with zero attached hydrogens (tertiary/aromatic N) is 1. The van der Waals surface area contributed by atoms with Crippen molar-refractivity contribution in [2.45, 2.75) is 0 Å². The minimum absolute atomic E-state index is 0.803. The molecule has 4 heteroatoms. The quantitative estimate of drug-likeness (QED) is 0.789. The highest BCUT2D eigenvalue weighted by molar-refractivity contribution is 9.10. The average molecular weight is 282 g/mol. The van der Waals surface area contributed by atoms with Gasteiger partial charge in [0.25, 0.3) is 0 Å². The third-order valence-electron chi connectivity index (χ3n) is 1.87. The molecule has 1 aromatic heterocycles. The van der Waals surface area contributed by atoms with E-state index in [1.165, 1.54) is 12.0 Å². The Balaban J connectivity index is 2.50. The maximum atomic E-state index is 5.45. The predicted molar refractivity (Wildman–Crippen MR) is 67.9 cm³/mol. The molecule has 0 saturated carbocycles. The SMILES string of the molecule is C=CSOc1ccnc2cc(Br)ccc12. The van der Waals surface area contributed by atoms with E-state index in [4.69, 9.17) is 4.18 Å². The maximum Gasteiger partial charge on any atom is 0.148 e. The van der Waals surface area contributed by atoms with Crippen molar-refractivity contribution in [3.05, 3.63) is 46.9 Å². The average Bonchev–Trinajstić information content (AvgIpc) is 2.25. The first-order valence-electron chi connectivity index (χ1n) is 4.30. The normalized spacial score (nSPS) is 10.2. The summed E-state index contributed by atoms with van der Waals surface area (Å²) in [5, 5.41) is 2.64. The number of hydrogen-bond acceptors (Lipinski definition) is 3. The Bertz CT molecular complexity index is 501. The molecule has 2 aromatic rings. The molecule has 0 unspecified atom stereocenters. The van der Waals surface area contributed by atoms with Gasteiger partial charge in [-0.05, 0) is 18.2 Å². The van der Waals surface area contributed by atoms with Gasteiger partial charge in [0.15, 0.2) is 0 Å². The van der Waals surface area contributed by atoms with E-state index in [0.717, 1.165) is 21.1 Å². The van der Waals surface area contributed by atoms with Gasteiger partial charge >= 0.3 is 0 Å². The molecule has 2 nitrogen and oxygen atoms in total. The molecule has 1 aromatic carbocycles. The summed E-state index contributed by atoms with van der Waals surface area (Å²) in [6.45, 7) is 3.58. The first-order chi connectivity index (χ1) is 7.31. The van der Waals surface area contributed by atoms with E-state index in [-0.39, 0.29) is 0 Å². The lowest BCUT2D eigenvalue weighted by Crippen LogP contribution is -1.84. The van der Waals surface area contributed by atoms with Crippen LogP contribution in [0.1, 0.15) is 0 Å². The topological polar surface area (TPSA) is 22.1 Å². The minimum atomic E-state index is 0.803. The molecule has 0 bridgehead atoms. The molecule has 76 valence electrons.